The standard InChI is InChI=1S/C21H16FN7O6S/c22-14-2-7-18(29(31)32)19(12-14)35-13-28-11-8-17(26-28)20(30)25-15-3-5-16(6-4-15)36(33,34)27-21-23-9-1-10-24-21/h1-12H,13H2,(H,25,30)(H,23,24,27). The summed E-state index contributed by atoms with van der Waals surface area (Å²) in [5.41, 5.74) is -0.124. The van der Waals surface area contributed by atoms with Crippen LogP contribution in [0, 0.1) is 15.9 Å². The average molecular weight is 513 g/mol. The Hall–Kier alpha value is -4.92. The van der Waals surface area contributed by atoms with E-state index in [9.17, 15) is 27.7 Å². The van der Waals surface area contributed by atoms with Crippen LogP contribution in [-0.2, 0) is 16.8 Å². The number of nitrogens with one attached hydrogen (secondary N) is 2. The number of carbonyl (C=O) groups is 1. The van der Waals surface area contributed by atoms with E-state index in [4.69, 9.17) is 4.74 Å². The van der Waals surface area contributed by atoms with E-state index in [1.807, 2.05) is 0 Å². The van der Waals surface area contributed by atoms with Gasteiger partial charge in [0, 0.05) is 36.4 Å². The Morgan fingerprint density at radius 3 is 2.53 bits per heavy atom. The van der Waals surface area contributed by atoms with Gasteiger partial charge in [-0.25, -0.2) is 32.2 Å². The summed E-state index contributed by atoms with van der Waals surface area (Å²) in [6.45, 7) is -0.317. The minimum atomic E-state index is -3.93. The molecule has 0 fully saturated rings. The Bertz CT molecular complexity index is 1510. The van der Waals surface area contributed by atoms with Gasteiger partial charge in [0.25, 0.3) is 15.9 Å². The van der Waals surface area contributed by atoms with Gasteiger partial charge in [0.05, 0.1) is 9.82 Å². The Balaban J connectivity index is 1.38. The highest BCUT2D eigenvalue weighted by atomic mass is 32.2. The number of hydrogen-bond donors (Lipinski definition) is 2. The molecule has 2 N–H and O–H groups in total. The van der Waals surface area contributed by atoms with Crippen molar-refractivity contribution in [3.05, 3.63) is 94.8 Å². The molecule has 184 valence electrons. The molecule has 0 aliphatic carbocycles. The lowest BCUT2D eigenvalue weighted by atomic mass is 10.3. The molecule has 0 aliphatic heterocycles. The van der Waals surface area contributed by atoms with Crippen molar-refractivity contribution >= 4 is 33.3 Å². The quantitative estimate of drug-likeness (QED) is 0.252. The monoisotopic (exact) mass is 513 g/mol. The van der Waals surface area contributed by atoms with E-state index in [1.165, 1.54) is 53.6 Å². The number of hydrogen-bond acceptors (Lipinski definition) is 9. The van der Waals surface area contributed by atoms with Gasteiger partial charge >= 0.3 is 5.69 Å². The SMILES string of the molecule is O=C(Nc1ccc(S(=O)(=O)Nc2ncccn2)cc1)c1ccn(COc2cc(F)ccc2[N+](=O)[O-])n1. The number of nitro groups is 1. The van der Waals surface area contributed by atoms with Gasteiger partial charge in [-0.05, 0) is 42.5 Å². The van der Waals surface area contributed by atoms with Crippen LogP contribution in [0.4, 0.5) is 21.7 Å². The number of amides is 1. The van der Waals surface area contributed by atoms with Crippen LogP contribution in [0.5, 0.6) is 5.75 Å². The van der Waals surface area contributed by atoms with E-state index >= 15 is 0 Å². The molecule has 13 nitrogen and oxygen atoms in total. The summed E-state index contributed by atoms with van der Waals surface area (Å²) in [6, 6.07) is 11.1. The van der Waals surface area contributed by atoms with Gasteiger partial charge in [-0.3, -0.25) is 14.9 Å². The smallest absolute Gasteiger partial charge is 0.311 e. The molecule has 0 aliphatic rings. The van der Waals surface area contributed by atoms with Gasteiger partial charge in [-0.1, -0.05) is 0 Å². The maximum Gasteiger partial charge on any atom is 0.311 e. The van der Waals surface area contributed by atoms with Gasteiger partial charge in [0.15, 0.2) is 12.4 Å². The first-order valence-electron chi connectivity index (χ1n) is 10.0. The Kier molecular flexibility index (Phi) is 6.82. The predicted molar refractivity (Wildman–Crippen MR) is 123 cm³/mol. The Labute approximate surface area is 202 Å². The van der Waals surface area contributed by atoms with Crippen molar-refractivity contribution < 1.29 is 27.3 Å². The first kappa shape index (κ1) is 24.2. The molecule has 0 atom stereocenters. The minimum Gasteiger partial charge on any atom is -0.464 e. The second-order valence-corrected chi connectivity index (χ2v) is 8.72. The molecule has 0 spiro atoms. The molecule has 0 radical (unpaired) electrons. The number of aromatic nitrogens is 4. The third kappa shape index (κ3) is 5.76. The van der Waals surface area contributed by atoms with E-state index in [0.29, 0.717) is 5.69 Å². The fourth-order valence-electron chi connectivity index (χ4n) is 2.89. The van der Waals surface area contributed by atoms with Gasteiger partial charge < -0.3 is 10.1 Å². The Morgan fingerprint density at radius 1 is 1.11 bits per heavy atom. The van der Waals surface area contributed by atoms with Gasteiger partial charge in [0.1, 0.15) is 5.82 Å². The van der Waals surface area contributed by atoms with E-state index < -0.39 is 32.4 Å². The Morgan fingerprint density at radius 2 is 1.83 bits per heavy atom. The number of nitrogens with zero attached hydrogens (tertiary/aromatic N) is 5. The van der Waals surface area contributed by atoms with Crippen molar-refractivity contribution in [2.45, 2.75) is 11.6 Å². The highest BCUT2D eigenvalue weighted by Gasteiger charge is 2.18. The molecule has 15 heteroatoms. The molecular weight excluding hydrogens is 497 g/mol. The van der Waals surface area contributed by atoms with E-state index in [-0.39, 0.29) is 29.0 Å². The number of sulfonamides is 1. The molecule has 0 bridgehead atoms. The molecule has 4 rings (SSSR count). The fraction of sp³-hybridized carbons (Fsp3) is 0.0476. The van der Waals surface area contributed by atoms with E-state index in [1.54, 1.807) is 6.07 Å². The summed E-state index contributed by atoms with van der Waals surface area (Å²) >= 11 is 0. The number of nitro benzene ring substituents is 1. The zero-order valence-corrected chi connectivity index (χ0v) is 18.9. The molecule has 2 aromatic heterocycles. The molecule has 4 aromatic rings. The summed E-state index contributed by atoms with van der Waals surface area (Å²) in [5.74, 6) is -1.68. The second-order valence-electron chi connectivity index (χ2n) is 7.04. The molecule has 0 saturated heterocycles. The lowest BCUT2D eigenvalue weighted by Gasteiger charge is -2.08. The first-order chi connectivity index (χ1) is 17.2. The zero-order valence-electron chi connectivity index (χ0n) is 18.1. The van der Waals surface area contributed by atoms with E-state index in [2.05, 4.69) is 25.1 Å². The summed E-state index contributed by atoms with van der Waals surface area (Å²) in [4.78, 5) is 30.4. The largest absolute Gasteiger partial charge is 0.464 e. The summed E-state index contributed by atoms with van der Waals surface area (Å²) in [7, 11) is -3.93. The summed E-state index contributed by atoms with van der Waals surface area (Å²) < 4.78 is 47.0. The van der Waals surface area contributed by atoms with Crippen molar-refractivity contribution in [1.82, 2.24) is 19.7 Å². The maximum absolute atomic E-state index is 13.4. The predicted octanol–water partition coefficient (Wildman–Crippen LogP) is 2.81. The van der Waals surface area contributed by atoms with Crippen LogP contribution >= 0.6 is 0 Å². The number of halogens is 1. The van der Waals surface area contributed by atoms with Gasteiger partial charge in [0.2, 0.25) is 11.7 Å². The number of carbonyl (C=O) groups excluding carboxylic acids is 1. The number of anilines is 2. The first-order valence-corrected chi connectivity index (χ1v) is 11.5. The third-order valence-electron chi connectivity index (χ3n) is 4.56. The van der Waals surface area contributed by atoms with Crippen LogP contribution in [0.25, 0.3) is 0 Å². The van der Waals surface area contributed by atoms with Crippen LogP contribution < -0.4 is 14.8 Å². The lowest BCUT2D eigenvalue weighted by Crippen LogP contribution is -2.16. The molecular formula is C21H16FN7O6S. The van der Waals surface area contributed by atoms with Crippen LogP contribution in [-0.4, -0.2) is 39.0 Å². The average Bonchev–Trinajstić information content (AvgIpc) is 3.33. The minimum absolute atomic E-state index is 0.00747. The second kappa shape index (κ2) is 10.1. The van der Waals surface area contributed by atoms with E-state index in [0.717, 1.165) is 18.2 Å². The van der Waals surface area contributed by atoms with Crippen molar-refractivity contribution in [2.24, 2.45) is 0 Å². The normalized spacial score (nSPS) is 11.0. The van der Waals surface area contributed by atoms with Crippen LogP contribution in [0.2, 0.25) is 0 Å². The highest BCUT2D eigenvalue weighted by Crippen LogP contribution is 2.27. The maximum atomic E-state index is 13.4. The molecule has 2 aromatic carbocycles. The number of rotatable bonds is 9. The van der Waals surface area contributed by atoms with Crippen LogP contribution in [0.1, 0.15) is 10.5 Å². The van der Waals surface area contributed by atoms with Crippen molar-refractivity contribution in [3.63, 3.8) is 0 Å². The summed E-state index contributed by atoms with van der Waals surface area (Å²) in [6.07, 6.45) is 4.18. The highest BCUT2D eigenvalue weighted by molar-refractivity contribution is 7.92. The molecule has 36 heavy (non-hydrogen) atoms. The van der Waals surface area contributed by atoms with Gasteiger partial charge in [-0.15, -0.1) is 0 Å². The van der Waals surface area contributed by atoms with Crippen molar-refractivity contribution in [1.29, 1.82) is 0 Å². The number of ether oxygens (including phenoxy) is 1. The number of benzene rings is 2. The van der Waals surface area contributed by atoms with Crippen LogP contribution in [0.15, 0.2) is 78.1 Å². The van der Waals surface area contributed by atoms with Crippen LogP contribution in [0.3, 0.4) is 0 Å². The fourth-order valence-corrected chi connectivity index (χ4v) is 3.85. The molecule has 2 heterocycles. The van der Waals surface area contributed by atoms with Crippen molar-refractivity contribution in [2.75, 3.05) is 10.0 Å². The third-order valence-corrected chi connectivity index (χ3v) is 5.90. The topological polar surface area (TPSA) is 171 Å². The lowest BCUT2D eigenvalue weighted by molar-refractivity contribution is -0.386. The molecule has 0 saturated carbocycles. The molecule has 0 unspecified atom stereocenters. The zero-order chi connectivity index (χ0) is 25.7. The van der Waals surface area contributed by atoms with Gasteiger partial charge in [-0.2, -0.15) is 5.10 Å². The van der Waals surface area contributed by atoms with Crippen molar-refractivity contribution in [3.8, 4) is 5.75 Å². The summed E-state index contributed by atoms with van der Waals surface area (Å²) in [5, 5.41) is 17.6. The molecule has 1 amide bonds.